The SMILES string of the molecule is CCOC(=O)N1CCN(C(=O)CN2C(=O)NC(C)(c3ccc(C#N)cc3)C2=O)CC1. The standard InChI is InChI=1S/C20H23N5O5/c1-3-30-19(29)24-10-8-23(9-11-24)16(26)13-25-17(27)20(2,22-18(25)28)15-6-4-14(12-21)5-7-15/h4-7H,3,8-11,13H2,1-2H3,(H,22,28). The summed E-state index contributed by atoms with van der Waals surface area (Å²) in [6.07, 6.45) is -0.420. The van der Waals surface area contributed by atoms with E-state index in [1.54, 1.807) is 38.1 Å². The van der Waals surface area contributed by atoms with E-state index in [1.165, 1.54) is 9.80 Å². The molecule has 10 heteroatoms. The quantitative estimate of drug-likeness (QED) is 0.722. The van der Waals surface area contributed by atoms with Crippen molar-refractivity contribution >= 4 is 23.9 Å². The summed E-state index contributed by atoms with van der Waals surface area (Å²) in [5, 5.41) is 11.6. The maximum atomic E-state index is 13.0. The van der Waals surface area contributed by atoms with E-state index >= 15 is 0 Å². The zero-order valence-corrected chi connectivity index (χ0v) is 16.9. The maximum Gasteiger partial charge on any atom is 0.409 e. The van der Waals surface area contributed by atoms with Gasteiger partial charge in [0, 0.05) is 26.2 Å². The highest BCUT2D eigenvalue weighted by atomic mass is 16.6. The fraction of sp³-hybridized carbons (Fsp3) is 0.450. The van der Waals surface area contributed by atoms with Gasteiger partial charge in [0.15, 0.2) is 0 Å². The molecule has 2 saturated heterocycles. The van der Waals surface area contributed by atoms with Crippen LogP contribution in [0.2, 0.25) is 0 Å². The molecule has 0 aromatic heterocycles. The largest absolute Gasteiger partial charge is 0.450 e. The summed E-state index contributed by atoms with van der Waals surface area (Å²) in [4.78, 5) is 53.8. The van der Waals surface area contributed by atoms with Gasteiger partial charge in [-0.25, -0.2) is 9.59 Å². The van der Waals surface area contributed by atoms with Gasteiger partial charge in [-0.15, -0.1) is 0 Å². The van der Waals surface area contributed by atoms with Gasteiger partial charge < -0.3 is 19.9 Å². The van der Waals surface area contributed by atoms with Crippen LogP contribution in [-0.2, 0) is 19.9 Å². The third kappa shape index (κ3) is 3.91. The Balaban J connectivity index is 1.63. The predicted octanol–water partition coefficient (Wildman–Crippen LogP) is 0.626. The zero-order chi connectivity index (χ0) is 21.9. The van der Waals surface area contributed by atoms with Gasteiger partial charge in [0.05, 0.1) is 18.2 Å². The van der Waals surface area contributed by atoms with Gasteiger partial charge in [-0.2, -0.15) is 5.26 Å². The molecule has 30 heavy (non-hydrogen) atoms. The number of nitriles is 1. The molecule has 2 aliphatic rings. The molecule has 158 valence electrons. The smallest absolute Gasteiger partial charge is 0.409 e. The Kier molecular flexibility index (Phi) is 5.91. The molecule has 0 radical (unpaired) electrons. The van der Waals surface area contributed by atoms with E-state index in [2.05, 4.69) is 5.32 Å². The number of urea groups is 1. The number of amides is 5. The Labute approximate surface area is 174 Å². The van der Waals surface area contributed by atoms with Crippen LogP contribution in [-0.4, -0.2) is 78.0 Å². The van der Waals surface area contributed by atoms with Crippen molar-refractivity contribution in [3.05, 3.63) is 35.4 Å². The Bertz CT molecular complexity index is 901. The average molecular weight is 413 g/mol. The Hall–Kier alpha value is -3.61. The highest BCUT2D eigenvalue weighted by Gasteiger charge is 2.49. The first-order chi connectivity index (χ1) is 14.3. The number of nitrogens with one attached hydrogen (secondary N) is 1. The summed E-state index contributed by atoms with van der Waals surface area (Å²) in [7, 11) is 0. The highest BCUT2D eigenvalue weighted by molar-refractivity contribution is 6.09. The van der Waals surface area contributed by atoms with Crippen LogP contribution in [0, 0.1) is 11.3 Å². The van der Waals surface area contributed by atoms with Crippen LogP contribution in [0.25, 0.3) is 0 Å². The topological polar surface area (TPSA) is 123 Å². The van der Waals surface area contributed by atoms with Crippen LogP contribution in [0.3, 0.4) is 0 Å². The minimum absolute atomic E-state index is 0.280. The molecule has 0 aliphatic carbocycles. The van der Waals surface area contributed by atoms with Gasteiger partial charge in [0.25, 0.3) is 5.91 Å². The van der Waals surface area contributed by atoms with E-state index in [0.29, 0.717) is 37.3 Å². The van der Waals surface area contributed by atoms with Gasteiger partial charge in [0.2, 0.25) is 5.91 Å². The van der Waals surface area contributed by atoms with Crippen LogP contribution in [0.15, 0.2) is 24.3 Å². The average Bonchev–Trinajstić information content (AvgIpc) is 2.98. The van der Waals surface area contributed by atoms with Gasteiger partial charge in [-0.3, -0.25) is 14.5 Å². The molecule has 5 amide bonds. The van der Waals surface area contributed by atoms with Crippen LogP contribution in [0.4, 0.5) is 9.59 Å². The van der Waals surface area contributed by atoms with Crippen molar-refractivity contribution in [3.63, 3.8) is 0 Å². The number of nitrogens with zero attached hydrogens (tertiary/aromatic N) is 4. The molecule has 1 aromatic carbocycles. The molecule has 0 bridgehead atoms. The van der Waals surface area contributed by atoms with Gasteiger partial charge in [0.1, 0.15) is 12.1 Å². The van der Waals surface area contributed by atoms with E-state index in [0.717, 1.165) is 4.90 Å². The van der Waals surface area contributed by atoms with Crippen molar-refractivity contribution in [3.8, 4) is 6.07 Å². The normalized spacial score (nSPS) is 21.3. The second-order valence-electron chi connectivity index (χ2n) is 7.20. The third-order valence-corrected chi connectivity index (χ3v) is 5.32. The summed E-state index contributed by atoms with van der Waals surface area (Å²) in [5.41, 5.74) is -0.348. The number of hydrogen-bond donors (Lipinski definition) is 1. The van der Waals surface area contributed by atoms with Crippen LogP contribution >= 0.6 is 0 Å². The number of imide groups is 1. The molecule has 1 unspecified atom stereocenters. The van der Waals surface area contributed by atoms with Crippen molar-refractivity contribution in [2.75, 3.05) is 39.3 Å². The fourth-order valence-electron chi connectivity index (χ4n) is 3.50. The van der Waals surface area contributed by atoms with Crippen LogP contribution in [0.5, 0.6) is 0 Å². The summed E-state index contributed by atoms with van der Waals surface area (Å²) >= 11 is 0. The molecule has 0 spiro atoms. The van der Waals surface area contributed by atoms with Crippen molar-refractivity contribution in [1.82, 2.24) is 20.0 Å². The Morgan fingerprint density at radius 1 is 1.13 bits per heavy atom. The van der Waals surface area contributed by atoms with E-state index in [-0.39, 0.29) is 19.1 Å². The monoisotopic (exact) mass is 413 g/mol. The Morgan fingerprint density at radius 2 is 1.73 bits per heavy atom. The van der Waals surface area contributed by atoms with E-state index in [4.69, 9.17) is 10.00 Å². The van der Waals surface area contributed by atoms with E-state index < -0.39 is 23.6 Å². The van der Waals surface area contributed by atoms with E-state index in [9.17, 15) is 19.2 Å². The lowest BCUT2D eigenvalue weighted by Gasteiger charge is -2.34. The molecule has 1 aromatic rings. The summed E-state index contributed by atoms with van der Waals surface area (Å²) in [5.74, 6) is -0.901. The second kappa shape index (κ2) is 8.41. The number of carbonyl (C=O) groups excluding carboxylic acids is 4. The lowest BCUT2D eigenvalue weighted by molar-refractivity contribution is -0.139. The van der Waals surface area contributed by atoms with Crippen LogP contribution in [0.1, 0.15) is 25.0 Å². The van der Waals surface area contributed by atoms with Crippen molar-refractivity contribution in [1.29, 1.82) is 5.26 Å². The zero-order valence-electron chi connectivity index (χ0n) is 16.9. The van der Waals surface area contributed by atoms with Gasteiger partial charge in [-0.05, 0) is 31.5 Å². The molecule has 10 nitrogen and oxygen atoms in total. The minimum atomic E-state index is -1.31. The van der Waals surface area contributed by atoms with Crippen molar-refractivity contribution < 1.29 is 23.9 Å². The number of piperazine rings is 1. The van der Waals surface area contributed by atoms with E-state index in [1.807, 2.05) is 6.07 Å². The van der Waals surface area contributed by atoms with Crippen LogP contribution < -0.4 is 5.32 Å². The van der Waals surface area contributed by atoms with Crippen molar-refractivity contribution in [2.45, 2.75) is 19.4 Å². The molecule has 3 rings (SSSR count). The predicted molar refractivity (Wildman–Crippen MR) is 104 cm³/mol. The molecule has 0 saturated carbocycles. The number of ether oxygens (including phenoxy) is 1. The third-order valence-electron chi connectivity index (χ3n) is 5.32. The number of rotatable bonds is 4. The lowest BCUT2D eigenvalue weighted by Crippen LogP contribution is -2.53. The first-order valence-corrected chi connectivity index (χ1v) is 9.64. The lowest BCUT2D eigenvalue weighted by atomic mass is 9.91. The first-order valence-electron chi connectivity index (χ1n) is 9.64. The number of hydrogen-bond acceptors (Lipinski definition) is 6. The summed E-state index contributed by atoms with van der Waals surface area (Å²) in [6, 6.07) is 7.70. The van der Waals surface area contributed by atoms with Crippen molar-refractivity contribution in [2.24, 2.45) is 0 Å². The van der Waals surface area contributed by atoms with Gasteiger partial charge >= 0.3 is 12.1 Å². The fourth-order valence-corrected chi connectivity index (χ4v) is 3.50. The Morgan fingerprint density at radius 3 is 2.30 bits per heavy atom. The first kappa shape index (κ1) is 21.1. The molecule has 1 atom stereocenters. The summed E-state index contributed by atoms with van der Waals surface area (Å²) < 4.78 is 4.95. The van der Waals surface area contributed by atoms with Gasteiger partial charge in [-0.1, -0.05) is 12.1 Å². The summed E-state index contributed by atoms with van der Waals surface area (Å²) in [6.45, 7) is 4.44. The maximum absolute atomic E-state index is 13.0. The molecule has 2 aliphatic heterocycles. The molecule has 2 fully saturated rings. The number of carbonyl (C=O) groups is 4. The molecular formula is C20H23N5O5. The molecular weight excluding hydrogens is 390 g/mol. The highest BCUT2D eigenvalue weighted by Crippen LogP contribution is 2.29. The molecule has 2 heterocycles. The minimum Gasteiger partial charge on any atom is -0.450 e. The second-order valence-corrected chi connectivity index (χ2v) is 7.20. The molecule has 1 N–H and O–H groups in total. The number of benzene rings is 1.